The number of esters is 1. The van der Waals surface area contributed by atoms with Gasteiger partial charge in [0.25, 0.3) is 5.91 Å². The molecular weight excluding hydrogens is 392 g/mol. The number of methoxy groups -OCH3 is 1. The number of nitrogens with one attached hydrogen (secondary N) is 1. The summed E-state index contributed by atoms with van der Waals surface area (Å²) in [6.07, 6.45) is 7.00. The minimum atomic E-state index is -0.877. The molecule has 0 spiro atoms. The molecule has 2 N–H and O–H groups in total. The molecule has 0 radical (unpaired) electrons. The van der Waals surface area contributed by atoms with Gasteiger partial charge in [-0.15, -0.1) is 0 Å². The van der Waals surface area contributed by atoms with Gasteiger partial charge in [-0.2, -0.15) is 0 Å². The van der Waals surface area contributed by atoms with Gasteiger partial charge in [0.05, 0.1) is 23.3 Å². The predicted octanol–water partition coefficient (Wildman–Crippen LogP) is 4.00. The molecule has 1 heterocycles. The van der Waals surface area contributed by atoms with E-state index in [0.717, 1.165) is 25.7 Å². The highest BCUT2D eigenvalue weighted by atomic mass is 35.5. The number of ether oxygens (including phenoxy) is 1. The van der Waals surface area contributed by atoms with Crippen LogP contribution in [0.15, 0.2) is 36.5 Å². The van der Waals surface area contributed by atoms with E-state index in [4.69, 9.17) is 16.3 Å². The van der Waals surface area contributed by atoms with Gasteiger partial charge < -0.3 is 15.2 Å². The van der Waals surface area contributed by atoms with E-state index >= 15 is 0 Å². The third-order valence-corrected chi connectivity index (χ3v) is 5.65. The van der Waals surface area contributed by atoms with Gasteiger partial charge in [-0.25, -0.2) is 9.78 Å². The van der Waals surface area contributed by atoms with Crippen LogP contribution in [0.5, 0.6) is 0 Å². The molecule has 2 aromatic rings. The van der Waals surface area contributed by atoms with Gasteiger partial charge >= 0.3 is 5.97 Å². The van der Waals surface area contributed by atoms with Crippen molar-refractivity contribution in [1.82, 2.24) is 10.3 Å². The van der Waals surface area contributed by atoms with Crippen LogP contribution in [-0.4, -0.2) is 41.2 Å². The van der Waals surface area contributed by atoms with E-state index in [1.807, 2.05) is 0 Å². The van der Waals surface area contributed by atoms with Gasteiger partial charge in [0.1, 0.15) is 0 Å². The number of halogens is 1. The van der Waals surface area contributed by atoms with Gasteiger partial charge in [-0.3, -0.25) is 4.79 Å². The molecule has 0 atom stereocenters. The molecule has 0 bridgehead atoms. The minimum Gasteiger partial charge on any atom is -0.464 e. The molecule has 29 heavy (non-hydrogen) atoms. The molecule has 6 nitrogen and oxygen atoms in total. The first-order chi connectivity index (χ1) is 13.9. The number of carbonyl (C=O) groups excluding carboxylic acids is 2. The molecule has 1 aromatic carbocycles. The molecule has 1 fully saturated rings. The van der Waals surface area contributed by atoms with E-state index in [1.54, 1.807) is 30.3 Å². The number of hydrogen-bond acceptors (Lipinski definition) is 5. The summed E-state index contributed by atoms with van der Waals surface area (Å²) in [5, 5.41) is 13.9. The fourth-order valence-corrected chi connectivity index (χ4v) is 3.87. The lowest BCUT2D eigenvalue weighted by molar-refractivity contribution is 0.0246. The Morgan fingerprint density at radius 2 is 1.93 bits per heavy atom. The van der Waals surface area contributed by atoms with Gasteiger partial charge in [-0.05, 0) is 36.6 Å². The van der Waals surface area contributed by atoms with Crippen molar-refractivity contribution in [2.45, 2.75) is 44.1 Å². The zero-order valence-corrected chi connectivity index (χ0v) is 17.2. The third kappa shape index (κ3) is 5.14. The summed E-state index contributed by atoms with van der Waals surface area (Å²) in [6.45, 7) is 0.187. The number of pyridine rings is 1. The molecule has 7 heteroatoms. The maximum absolute atomic E-state index is 12.8. The van der Waals surface area contributed by atoms with Crippen molar-refractivity contribution < 1.29 is 19.4 Å². The number of hydrogen-bond donors (Lipinski definition) is 2. The Kier molecular flexibility index (Phi) is 6.87. The van der Waals surface area contributed by atoms with Crippen molar-refractivity contribution in [3.8, 4) is 11.1 Å². The zero-order chi connectivity index (χ0) is 20.9. The molecule has 0 saturated heterocycles. The molecule has 3 rings (SSSR count). The van der Waals surface area contributed by atoms with Gasteiger partial charge in [0, 0.05) is 18.3 Å². The van der Waals surface area contributed by atoms with E-state index in [2.05, 4.69) is 10.3 Å². The largest absolute Gasteiger partial charge is 0.464 e. The van der Waals surface area contributed by atoms with Crippen molar-refractivity contribution >= 4 is 23.5 Å². The lowest BCUT2D eigenvalue weighted by Crippen LogP contribution is -2.42. The number of aliphatic hydroxyl groups is 1. The Bertz CT molecular complexity index is 892. The summed E-state index contributed by atoms with van der Waals surface area (Å²) in [6, 6.07) is 8.40. The van der Waals surface area contributed by atoms with Crippen molar-refractivity contribution in [1.29, 1.82) is 0 Å². The SMILES string of the molecule is COC(=O)c1ncccc1-c1ccc(Cl)c(C(=O)NCC2(O)CCCCCC2)c1. The average molecular weight is 417 g/mol. The Hall–Kier alpha value is -2.44. The predicted molar refractivity (Wildman–Crippen MR) is 111 cm³/mol. The van der Waals surface area contributed by atoms with Gasteiger partial charge in [0.2, 0.25) is 0 Å². The first-order valence-corrected chi connectivity index (χ1v) is 10.2. The summed E-state index contributed by atoms with van der Waals surface area (Å²) in [5.74, 6) is -0.921. The van der Waals surface area contributed by atoms with Crippen molar-refractivity contribution in [2.75, 3.05) is 13.7 Å². The molecular formula is C22H25ClN2O4. The van der Waals surface area contributed by atoms with Crippen molar-refractivity contribution in [2.24, 2.45) is 0 Å². The van der Waals surface area contributed by atoms with Gasteiger partial charge in [0.15, 0.2) is 5.69 Å². The van der Waals surface area contributed by atoms with Crippen LogP contribution in [0.3, 0.4) is 0 Å². The first kappa shape index (κ1) is 21.3. The van der Waals surface area contributed by atoms with E-state index in [0.29, 0.717) is 29.0 Å². The second kappa shape index (κ2) is 9.37. The van der Waals surface area contributed by atoms with E-state index in [1.165, 1.54) is 13.3 Å². The summed E-state index contributed by atoms with van der Waals surface area (Å²) in [7, 11) is 1.29. The van der Waals surface area contributed by atoms with Crippen molar-refractivity contribution in [3.63, 3.8) is 0 Å². The van der Waals surface area contributed by atoms with Crippen LogP contribution < -0.4 is 5.32 Å². The highest BCUT2D eigenvalue weighted by molar-refractivity contribution is 6.34. The Morgan fingerprint density at radius 3 is 2.62 bits per heavy atom. The fraction of sp³-hybridized carbons (Fsp3) is 0.409. The summed E-state index contributed by atoms with van der Waals surface area (Å²) >= 11 is 6.26. The molecule has 1 aliphatic rings. The molecule has 1 saturated carbocycles. The second-order valence-corrected chi connectivity index (χ2v) is 7.81. The lowest BCUT2D eigenvalue weighted by Gasteiger charge is -2.27. The fourth-order valence-electron chi connectivity index (χ4n) is 3.67. The Morgan fingerprint density at radius 1 is 1.21 bits per heavy atom. The zero-order valence-electron chi connectivity index (χ0n) is 16.4. The smallest absolute Gasteiger partial charge is 0.357 e. The van der Waals surface area contributed by atoms with Crippen molar-refractivity contribution in [3.05, 3.63) is 52.8 Å². The molecule has 0 unspecified atom stereocenters. The standard InChI is InChI=1S/C22H25ClN2O4/c1-29-21(27)19-16(7-6-12-24-19)15-8-9-18(23)17(13-15)20(26)25-14-22(28)10-4-2-3-5-11-22/h6-9,12-13,28H,2-5,10-11,14H2,1H3,(H,25,26). The maximum Gasteiger partial charge on any atom is 0.357 e. The van der Waals surface area contributed by atoms with Crippen LogP contribution in [0.2, 0.25) is 5.02 Å². The highest BCUT2D eigenvalue weighted by Gasteiger charge is 2.29. The maximum atomic E-state index is 12.8. The molecule has 1 aromatic heterocycles. The van der Waals surface area contributed by atoms with Gasteiger partial charge in [-0.1, -0.05) is 49.4 Å². The van der Waals surface area contributed by atoms with E-state index in [9.17, 15) is 14.7 Å². The molecule has 1 aliphatic carbocycles. The number of nitrogens with zero attached hydrogens (tertiary/aromatic N) is 1. The molecule has 1 amide bonds. The average Bonchev–Trinajstić information content (AvgIpc) is 2.96. The number of aromatic nitrogens is 1. The normalized spacial score (nSPS) is 16.0. The number of rotatable bonds is 5. The van der Waals surface area contributed by atoms with Crippen LogP contribution in [0, 0.1) is 0 Å². The van der Waals surface area contributed by atoms with Crippen LogP contribution in [0.4, 0.5) is 0 Å². The Labute approximate surface area is 175 Å². The third-order valence-electron chi connectivity index (χ3n) is 5.32. The Balaban J connectivity index is 1.82. The summed E-state index contributed by atoms with van der Waals surface area (Å²) in [5.41, 5.74) is 0.740. The highest BCUT2D eigenvalue weighted by Crippen LogP contribution is 2.29. The quantitative estimate of drug-likeness (QED) is 0.568. The monoisotopic (exact) mass is 416 g/mol. The summed E-state index contributed by atoms with van der Waals surface area (Å²) < 4.78 is 4.79. The van der Waals surface area contributed by atoms with E-state index < -0.39 is 11.6 Å². The minimum absolute atomic E-state index is 0.163. The topological polar surface area (TPSA) is 88.5 Å². The van der Waals surface area contributed by atoms with Crippen LogP contribution in [0.1, 0.15) is 59.4 Å². The first-order valence-electron chi connectivity index (χ1n) is 9.77. The van der Waals surface area contributed by atoms with Crippen LogP contribution >= 0.6 is 11.6 Å². The second-order valence-electron chi connectivity index (χ2n) is 7.41. The van der Waals surface area contributed by atoms with Crippen LogP contribution in [0.25, 0.3) is 11.1 Å². The summed E-state index contributed by atoms with van der Waals surface area (Å²) in [4.78, 5) is 28.9. The van der Waals surface area contributed by atoms with E-state index in [-0.39, 0.29) is 23.7 Å². The molecule has 154 valence electrons. The molecule has 0 aliphatic heterocycles. The number of carbonyl (C=O) groups is 2. The lowest BCUT2D eigenvalue weighted by atomic mass is 9.94. The number of benzene rings is 1. The van der Waals surface area contributed by atoms with Crippen LogP contribution in [-0.2, 0) is 4.74 Å². The number of amides is 1.